The fraction of sp³-hybridized carbons (Fsp3) is 0.444. The van der Waals surface area contributed by atoms with E-state index in [1.54, 1.807) is 7.11 Å². The van der Waals surface area contributed by atoms with Crippen LogP contribution in [-0.4, -0.2) is 29.3 Å². The average molecular weight is 196 g/mol. The van der Waals surface area contributed by atoms with Crippen LogP contribution in [0, 0.1) is 0 Å². The van der Waals surface area contributed by atoms with Crippen molar-refractivity contribution in [1.29, 1.82) is 0 Å². The summed E-state index contributed by atoms with van der Waals surface area (Å²) in [4.78, 5) is 22.2. The van der Waals surface area contributed by atoms with Gasteiger partial charge in [0.2, 0.25) is 0 Å². The van der Waals surface area contributed by atoms with E-state index in [-0.39, 0.29) is 11.3 Å². The van der Waals surface area contributed by atoms with Crippen LogP contribution in [0.4, 0.5) is 0 Å². The fourth-order valence-corrected chi connectivity index (χ4v) is 0.975. The van der Waals surface area contributed by atoms with Crippen LogP contribution < -0.4 is 5.56 Å². The van der Waals surface area contributed by atoms with Crippen molar-refractivity contribution >= 4 is 5.78 Å². The number of carbonyl (C=O) groups is 1. The Kier molecular flexibility index (Phi) is 3.53. The fourth-order valence-electron chi connectivity index (χ4n) is 0.975. The third-order valence-electron chi connectivity index (χ3n) is 1.73. The molecule has 0 aliphatic carbocycles. The van der Waals surface area contributed by atoms with Gasteiger partial charge < -0.3 is 4.74 Å². The third kappa shape index (κ3) is 2.50. The number of nitrogens with zero attached hydrogens (tertiary/aromatic N) is 2. The first-order valence-electron chi connectivity index (χ1n) is 4.23. The number of ketones is 1. The summed E-state index contributed by atoms with van der Waals surface area (Å²) in [5.74, 6) is -0.156. The first kappa shape index (κ1) is 10.6. The topological polar surface area (TPSA) is 61.2 Å². The zero-order valence-corrected chi connectivity index (χ0v) is 8.19. The molecule has 1 aromatic rings. The summed E-state index contributed by atoms with van der Waals surface area (Å²) in [6.07, 6.45) is 0. The highest BCUT2D eigenvalue weighted by Gasteiger charge is 2.03. The van der Waals surface area contributed by atoms with Crippen LogP contribution >= 0.6 is 0 Å². The lowest BCUT2D eigenvalue weighted by molar-refractivity contribution is 0.100. The SMILES string of the molecule is COCCn1nc(C(C)=O)ccc1=O. The van der Waals surface area contributed by atoms with Crippen molar-refractivity contribution in [3.05, 3.63) is 28.2 Å². The Balaban J connectivity index is 2.96. The van der Waals surface area contributed by atoms with Gasteiger partial charge in [-0.15, -0.1) is 0 Å². The van der Waals surface area contributed by atoms with E-state index in [0.29, 0.717) is 18.8 Å². The van der Waals surface area contributed by atoms with Gasteiger partial charge in [0.15, 0.2) is 5.78 Å². The largest absolute Gasteiger partial charge is 0.383 e. The van der Waals surface area contributed by atoms with E-state index in [2.05, 4.69) is 5.10 Å². The number of carbonyl (C=O) groups excluding carboxylic acids is 1. The number of hydrogen-bond donors (Lipinski definition) is 0. The molecule has 0 spiro atoms. The molecule has 0 aliphatic heterocycles. The average Bonchev–Trinajstić information content (AvgIpc) is 2.16. The van der Waals surface area contributed by atoms with Crippen molar-refractivity contribution in [2.24, 2.45) is 0 Å². The first-order valence-corrected chi connectivity index (χ1v) is 4.23. The molecule has 76 valence electrons. The summed E-state index contributed by atoms with van der Waals surface area (Å²) in [6, 6.07) is 2.76. The quantitative estimate of drug-likeness (QED) is 0.640. The Bertz CT molecular complexity index is 384. The highest BCUT2D eigenvalue weighted by molar-refractivity contribution is 5.91. The van der Waals surface area contributed by atoms with Crippen LogP contribution in [-0.2, 0) is 11.3 Å². The maximum absolute atomic E-state index is 11.2. The van der Waals surface area contributed by atoms with Crippen LogP contribution in [0.1, 0.15) is 17.4 Å². The number of hydrogen-bond acceptors (Lipinski definition) is 4. The molecule has 0 N–H and O–H groups in total. The molecule has 5 heteroatoms. The second-order valence-corrected chi connectivity index (χ2v) is 2.83. The lowest BCUT2D eigenvalue weighted by atomic mass is 10.3. The van der Waals surface area contributed by atoms with Crippen molar-refractivity contribution in [2.75, 3.05) is 13.7 Å². The number of Topliss-reactive ketones (excluding diaryl/α,β-unsaturated/α-hetero) is 1. The summed E-state index contributed by atoms with van der Waals surface area (Å²) in [6.45, 7) is 2.16. The van der Waals surface area contributed by atoms with Gasteiger partial charge in [-0.25, -0.2) is 4.68 Å². The minimum Gasteiger partial charge on any atom is -0.383 e. The summed E-state index contributed by atoms with van der Waals surface area (Å²) in [5.41, 5.74) is 0.0627. The molecular formula is C9H12N2O3. The van der Waals surface area contributed by atoms with E-state index in [4.69, 9.17) is 4.74 Å². The molecule has 0 saturated heterocycles. The number of aromatic nitrogens is 2. The summed E-state index contributed by atoms with van der Waals surface area (Å²) >= 11 is 0. The Morgan fingerprint density at radius 3 is 2.86 bits per heavy atom. The normalized spacial score (nSPS) is 10.1. The molecular weight excluding hydrogens is 184 g/mol. The van der Waals surface area contributed by atoms with Gasteiger partial charge in [0.1, 0.15) is 5.69 Å². The molecule has 1 heterocycles. The molecule has 1 rings (SSSR count). The Morgan fingerprint density at radius 1 is 1.57 bits per heavy atom. The van der Waals surface area contributed by atoms with Gasteiger partial charge in [0, 0.05) is 20.1 Å². The van der Waals surface area contributed by atoms with Crippen molar-refractivity contribution in [1.82, 2.24) is 9.78 Å². The van der Waals surface area contributed by atoms with Gasteiger partial charge >= 0.3 is 0 Å². The molecule has 14 heavy (non-hydrogen) atoms. The van der Waals surface area contributed by atoms with E-state index < -0.39 is 0 Å². The summed E-state index contributed by atoms with van der Waals surface area (Å²) < 4.78 is 6.04. The highest BCUT2D eigenvalue weighted by atomic mass is 16.5. The second-order valence-electron chi connectivity index (χ2n) is 2.83. The third-order valence-corrected chi connectivity index (χ3v) is 1.73. The van der Waals surface area contributed by atoms with Gasteiger partial charge in [0.25, 0.3) is 5.56 Å². The van der Waals surface area contributed by atoms with Gasteiger partial charge in [-0.3, -0.25) is 9.59 Å². The van der Waals surface area contributed by atoms with Crippen LogP contribution in [0.2, 0.25) is 0 Å². The maximum Gasteiger partial charge on any atom is 0.266 e. The Morgan fingerprint density at radius 2 is 2.29 bits per heavy atom. The molecule has 0 saturated carbocycles. The van der Waals surface area contributed by atoms with E-state index in [0.717, 1.165) is 0 Å². The minimum absolute atomic E-state index is 0.156. The van der Waals surface area contributed by atoms with E-state index in [1.807, 2.05) is 0 Å². The number of methoxy groups -OCH3 is 1. The van der Waals surface area contributed by atoms with Crippen LogP contribution in [0.5, 0.6) is 0 Å². The van der Waals surface area contributed by atoms with Crippen LogP contribution in [0.25, 0.3) is 0 Å². The van der Waals surface area contributed by atoms with E-state index >= 15 is 0 Å². The van der Waals surface area contributed by atoms with Gasteiger partial charge in [-0.1, -0.05) is 0 Å². The van der Waals surface area contributed by atoms with Crippen molar-refractivity contribution in [3.8, 4) is 0 Å². The van der Waals surface area contributed by atoms with Crippen LogP contribution in [0.3, 0.4) is 0 Å². The molecule has 0 aromatic carbocycles. The number of ether oxygens (including phenoxy) is 1. The van der Waals surface area contributed by atoms with Crippen LogP contribution in [0.15, 0.2) is 16.9 Å². The van der Waals surface area contributed by atoms with Gasteiger partial charge in [0.05, 0.1) is 13.2 Å². The molecule has 0 atom stereocenters. The number of rotatable bonds is 4. The van der Waals surface area contributed by atoms with E-state index in [1.165, 1.54) is 23.7 Å². The molecule has 0 amide bonds. The standard InChI is InChI=1S/C9H12N2O3/c1-7(12)8-3-4-9(13)11(10-8)5-6-14-2/h3-4H,5-6H2,1-2H3. The second kappa shape index (κ2) is 4.66. The first-order chi connectivity index (χ1) is 6.65. The molecule has 0 bridgehead atoms. The molecule has 1 aromatic heterocycles. The maximum atomic E-state index is 11.2. The Labute approximate surface area is 81.3 Å². The van der Waals surface area contributed by atoms with Gasteiger partial charge in [-0.2, -0.15) is 5.10 Å². The molecule has 0 aliphatic rings. The smallest absolute Gasteiger partial charge is 0.266 e. The lowest BCUT2D eigenvalue weighted by Crippen LogP contribution is -2.25. The van der Waals surface area contributed by atoms with E-state index in [9.17, 15) is 9.59 Å². The predicted octanol–water partition coefficient (Wildman–Crippen LogP) is 0.0923. The summed E-state index contributed by atoms with van der Waals surface area (Å²) in [7, 11) is 1.54. The lowest BCUT2D eigenvalue weighted by Gasteiger charge is -2.03. The highest BCUT2D eigenvalue weighted by Crippen LogP contribution is 1.91. The molecule has 5 nitrogen and oxygen atoms in total. The molecule has 0 fully saturated rings. The predicted molar refractivity (Wildman–Crippen MR) is 50.4 cm³/mol. The van der Waals surface area contributed by atoms with Crippen molar-refractivity contribution < 1.29 is 9.53 Å². The zero-order chi connectivity index (χ0) is 10.6. The summed E-state index contributed by atoms with van der Waals surface area (Å²) in [5, 5.41) is 3.88. The molecule has 0 unspecified atom stereocenters. The van der Waals surface area contributed by atoms with Gasteiger partial charge in [-0.05, 0) is 6.07 Å². The van der Waals surface area contributed by atoms with Crippen molar-refractivity contribution in [3.63, 3.8) is 0 Å². The molecule has 0 radical (unpaired) electrons. The zero-order valence-electron chi connectivity index (χ0n) is 8.19. The van der Waals surface area contributed by atoms with Crippen molar-refractivity contribution in [2.45, 2.75) is 13.5 Å². The monoisotopic (exact) mass is 196 g/mol. The Hall–Kier alpha value is -1.49. The minimum atomic E-state index is -0.230.